The normalized spacial score (nSPS) is 18.1. The molecule has 1 fully saturated rings. The first-order chi connectivity index (χ1) is 20.5. The molecule has 1 aliphatic heterocycles. The van der Waals surface area contributed by atoms with Crippen LogP contribution in [0.5, 0.6) is 0 Å². The van der Waals surface area contributed by atoms with Gasteiger partial charge in [0.2, 0.25) is 0 Å². The number of unbranched alkanes of at least 4 members (excludes halogenated alkanes) is 2. The number of nitrogen functional groups attached to an aromatic ring is 2. The summed E-state index contributed by atoms with van der Waals surface area (Å²) in [5.74, 6) is -0.780. The SMILES string of the molecule is CC(C)(C)CC(C)(C)CCCCCN=C(N)NC(=O)c1nc(Cl)c(N)nc1N.COCCNCCCC(O)C1COC(C)O1. The first-order valence-corrected chi connectivity index (χ1v) is 15.8. The summed E-state index contributed by atoms with van der Waals surface area (Å²) in [5.41, 5.74) is 17.4. The number of hydrogen-bond acceptors (Lipinski definition) is 11. The van der Waals surface area contributed by atoms with Gasteiger partial charge >= 0.3 is 0 Å². The van der Waals surface area contributed by atoms with Gasteiger partial charge in [-0.3, -0.25) is 15.1 Å². The van der Waals surface area contributed by atoms with Crippen molar-refractivity contribution in [1.82, 2.24) is 20.6 Å². The second kappa shape index (κ2) is 20.0. The molecule has 2 rings (SSSR count). The molecule has 44 heavy (non-hydrogen) atoms. The summed E-state index contributed by atoms with van der Waals surface area (Å²) in [6.45, 7) is 16.8. The van der Waals surface area contributed by atoms with Crippen LogP contribution < -0.4 is 27.8 Å². The lowest BCUT2D eigenvalue weighted by Gasteiger charge is -2.32. The molecule has 14 heteroatoms. The van der Waals surface area contributed by atoms with E-state index in [4.69, 9.17) is 43.0 Å². The molecule has 1 saturated heterocycles. The number of rotatable bonds is 16. The van der Waals surface area contributed by atoms with Gasteiger partial charge in [-0.1, -0.05) is 59.1 Å². The highest BCUT2D eigenvalue weighted by Crippen LogP contribution is 2.37. The van der Waals surface area contributed by atoms with Gasteiger partial charge in [0.15, 0.2) is 34.7 Å². The van der Waals surface area contributed by atoms with Crippen molar-refractivity contribution in [3.05, 3.63) is 10.8 Å². The molecule has 2 heterocycles. The average molecular weight is 645 g/mol. The Morgan fingerprint density at radius 3 is 2.45 bits per heavy atom. The smallest absolute Gasteiger partial charge is 0.280 e. The molecule has 1 aliphatic rings. The van der Waals surface area contributed by atoms with Crippen molar-refractivity contribution in [2.45, 2.75) is 105 Å². The van der Waals surface area contributed by atoms with Gasteiger partial charge in [0.25, 0.3) is 5.91 Å². The Morgan fingerprint density at radius 2 is 1.84 bits per heavy atom. The lowest BCUT2D eigenvalue weighted by atomic mass is 9.73. The number of guanidine groups is 1. The molecule has 3 atom stereocenters. The molecule has 0 aliphatic carbocycles. The van der Waals surface area contributed by atoms with Crippen LogP contribution in [0.3, 0.4) is 0 Å². The van der Waals surface area contributed by atoms with Gasteiger partial charge in [0, 0.05) is 20.2 Å². The number of nitrogens with two attached hydrogens (primary N) is 3. The van der Waals surface area contributed by atoms with Crippen LogP contribution in [-0.4, -0.2) is 85.4 Å². The predicted octanol–water partition coefficient (Wildman–Crippen LogP) is 3.49. The summed E-state index contributed by atoms with van der Waals surface area (Å²) < 4.78 is 15.6. The molecule has 1 aromatic rings. The van der Waals surface area contributed by atoms with Crippen LogP contribution in [0.2, 0.25) is 5.15 Å². The summed E-state index contributed by atoms with van der Waals surface area (Å²) in [7, 11) is 1.68. The fourth-order valence-electron chi connectivity index (χ4n) is 5.12. The van der Waals surface area contributed by atoms with E-state index in [-0.39, 0.29) is 40.8 Å². The number of anilines is 2. The molecule has 1 aromatic heterocycles. The molecule has 3 unspecified atom stereocenters. The highest BCUT2D eigenvalue weighted by molar-refractivity contribution is 6.31. The minimum absolute atomic E-state index is 0.00668. The quantitative estimate of drug-likeness (QED) is 0.0872. The third-order valence-corrected chi connectivity index (χ3v) is 7.07. The molecule has 9 N–H and O–H groups in total. The number of aromatic nitrogens is 2. The molecule has 0 radical (unpaired) electrons. The molecule has 0 aromatic carbocycles. The van der Waals surface area contributed by atoms with E-state index in [1.165, 1.54) is 12.8 Å². The van der Waals surface area contributed by atoms with E-state index in [1.54, 1.807) is 7.11 Å². The fourth-order valence-corrected chi connectivity index (χ4v) is 5.24. The Hall–Kier alpha value is -2.29. The summed E-state index contributed by atoms with van der Waals surface area (Å²) in [6, 6.07) is 0. The van der Waals surface area contributed by atoms with Crippen molar-refractivity contribution >= 4 is 35.1 Å². The number of aliphatic hydroxyl groups is 1. The van der Waals surface area contributed by atoms with Crippen LogP contribution in [0.25, 0.3) is 0 Å². The Balaban J connectivity index is 0.000000511. The minimum Gasteiger partial charge on any atom is -0.390 e. The van der Waals surface area contributed by atoms with Crippen molar-refractivity contribution in [2.75, 3.05) is 51.4 Å². The molecule has 0 spiro atoms. The predicted molar refractivity (Wildman–Crippen MR) is 176 cm³/mol. The zero-order valence-electron chi connectivity index (χ0n) is 27.7. The number of carbonyl (C=O) groups is 1. The number of aliphatic imine (C=N–C) groups is 1. The Kier molecular flexibility index (Phi) is 18.0. The maximum Gasteiger partial charge on any atom is 0.280 e. The van der Waals surface area contributed by atoms with E-state index in [2.05, 4.69) is 60.2 Å². The topological polar surface area (TPSA) is 205 Å². The van der Waals surface area contributed by atoms with E-state index >= 15 is 0 Å². The number of nitrogens with zero attached hydrogens (tertiary/aromatic N) is 3. The summed E-state index contributed by atoms with van der Waals surface area (Å²) in [4.78, 5) is 23.9. The van der Waals surface area contributed by atoms with Crippen molar-refractivity contribution in [3.8, 4) is 0 Å². The molecule has 13 nitrogen and oxygen atoms in total. The third-order valence-electron chi connectivity index (χ3n) is 6.79. The van der Waals surface area contributed by atoms with E-state index in [9.17, 15) is 9.90 Å². The van der Waals surface area contributed by atoms with Gasteiger partial charge in [-0.15, -0.1) is 0 Å². The molecular formula is C30H57ClN8O5. The second-order valence-electron chi connectivity index (χ2n) is 13.1. The van der Waals surface area contributed by atoms with Crippen molar-refractivity contribution < 1.29 is 24.1 Å². The maximum absolute atomic E-state index is 12.1. The van der Waals surface area contributed by atoms with Crippen LogP contribution in [0.4, 0.5) is 11.6 Å². The molecule has 1 amide bonds. The maximum atomic E-state index is 12.1. The zero-order valence-corrected chi connectivity index (χ0v) is 28.5. The first-order valence-electron chi connectivity index (χ1n) is 15.4. The van der Waals surface area contributed by atoms with E-state index in [0.717, 1.165) is 51.8 Å². The van der Waals surface area contributed by atoms with Crippen LogP contribution in [-0.2, 0) is 14.2 Å². The number of carbonyl (C=O) groups excluding carboxylic acids is 1. The number of methoxy groups -OCH3 is 1. The number of amides is 1. The molecular weight excluding hydrogens is 588 g/mol. The summed E-state index contributed by atoms with van der Waals surface area (Å²) in [5, 5.41) is 15.4. The fraction of sp³-hybridized carbons (Fsp3) is 0.800. The van der Waals surface area contributed by atoms with E-state index in [1.807, 2.05) is 6.92 Å². The zero-order chi connectivity index (χ0) is 33.3. The van der Waals surface area contributed by atoms with Crippen LogP contribution in [0.1, 0.15) is 97.0 Å². The highest BCUT2D eigenvalue weighted by Gasteiger charge is 2.28. The Labute approximate surface area is 268 Å². The average Bonchev–Trinajstić information content (AvgIpc) is 3.35. The highest BCUT2D eigenvalue weighted by atomic mass is 35.5. The monoisotopic (exact) mass is 644 g/mol. The summed E-state index contributed by atoms with van der Waals surface area (Å²) >= 11 is 5.77. The van der Waals surface area contributed by atoms with Gasteiger partial charge in [0.05, 0.1) is 19.3 Å². The number of ether oxygens (including phenoxy) is 3. The van der Waals surface area contributed by atoms with Gasteiger partial charge in [-0.05, 0) is 56.4 Å². The number of aliphatic hydroxyl groups excluding tert-OH is 1. The lowest BCUT2D eigenvalue weighted by Crippen LogP contribution is -2.38. The van der Waals surface area contributed by atoms with Crippen molar-refractivity contribution in [3.63, 3.8) is 0 Å². The Morgan fingerprint density at radius 1 is 1.14 bits per heavy atom. The lowest BCUT2D eigenvalue weighted by molar-refractivity contribution is -0.0697. The van der Waals surface area contributed by atoms with Crippen molar-refractivity contribution in [2.24, 2.45) is 21.6 Å². The van der Waals surface area contributed by atoms with Gasteiger partial charge in [-0.2, -0.15) is 0 Å². The number of nitrogens with one attached hydrogen (secondary N) is 2. The third kappa shape index (κ3) is 17.3. The standard InChI is InChI=1S/C19H34ClN7O.C11H23NO4/c1-18(2,3)11-19(4,5)9-7-6-8-10-24-17(23)27-16(28)12-14(21)26-15(22)13(20)25-12;1-9-15-8-11(16-9)10(13)4-3-5-12-6-7-14-2/h6-11H2,1-5H3,(H4,21,22,26)(H3,23,24,27,28);9-13H,3-8H2,1-2H3. The van der Waals surface area contributed by atoms with E-state index < -0.39 is 12.0 Å². The molecule has 0 saturated carbocycles. The van der Waals surface area contributed by atoms with Gasteiger partial charge < -0.3 is 41.8 Å². The van der Waals surface area contributed by atoms with Gasteiger partial charge in [-0.25, -0.2) is 9.97 Å². The Bertz CT molecular complexity index is 1020. The van der Waals surface area contributed by atoms with Crippen LogP contribution in [0, 0.1) is 10.8 Å². The van der Waals surface area contributed by atoms with Crippen LogP contribution >= 0.6 is 11.6 Å². The first kappa shape index (κ1) is 39.7. The molecule has 0 bridgehead atoms. The summed E-state index contributed by atoms with van der Waals surface area (Å²) in [6.07, 6.45) is 6.37. The second-order valence-corrected chi connectivity index (χ2v) is 13.5. The number of hydrogen-bond donors (Lipinski definition) is 6. The van der Waals surface area contributed by atoms with Crippen molar-refractivity contribution in [1.29, 1.82) is 0 Å². The largest absolute Gasteiger partial charge is 0.390 e. The van der Waals surface area contributed by atoms with E-state index in [0.29, 0.717) is 24.0 Å². The van der Waals surface area contributed by atoms with Crippen LogP contribution in [0.15, 0.2) is 4.99 Å². The molecule has 254 valence electrons. The number of halogens is 1. The van der Waals surface area contributed by atoms with Gasteiger partial charge in [0.1, 0.15) is 6.10 Å². The minimum atomic E-state index is -0.628.